The van der Waals surface area contributed by atoms with Gasteiger partial charge in [-0.25, -0.2) is 4.79 Å². The van der Waals surface area contributed by atoms with Crippen LogP contribution in [0.4, 0.5) is 0 Å². The van der Waals surface area contributed by atoms with Crippen LogP contribution < -0.4 is 10.6 Å². The fourth-order valence-electron chi connectivity index (χ4n) is 1.74. The van der Waals surface area contributed by atoms with Gasteiger partial charge in [-0.05, 0) is 31.5 Å². The van der Waals surface area contributed by atoms with Gasteiger partial charge >= 0.3 is 5.97 Å². The average molecular weight is 352 g/mol. The van der Waals surface area contributed by atoms with Gasteiger partial charge in [-0.2, -0.15) is 0 Å². The van der Waals surface area contributed by atoms with Crippen molar-refractivity contribution in [2.24, 2.45) is 11.8 Å². The lowest BCUT2D eigenvalue weighted by Crippen LogP contribution is -2.49. The Hall–Kier alpha value is -1.63. The predicted octanol–water partition coefficient (Wildman–Crippen LogP) is 1.01. The molecular weight excluding hydrogens is 312 g/mol. The van der Waals surface area contributed by atoms with E-state index in [9.17, 15) is 14.4 Å². The molecule has 0 aromatic carbocycles. The van der Waals surface area contributed by atoms with Crippen LogP contribution in [0.1, 0.15) is 61.0 Å². The summed E-state index contributed by atoms with van der Waals surface area (Å²) in [4.78, 5) is 37.3. The Balaban J connectivity index is 3.45. The number of esters is 1. The first kappa shape index (κ1) is 9.75. The molecule has 7 heteroatoms. The maximum Gasteiger partial charge on any atom is 0.338 e. The van der Waals surface area contributed by atoms with Crippen molar-refractivity contribution in [1.82, 2.24) is 10.6 Å². The Labute approximate surface area is 157 Å². The lowest BCUT2D eigenvalue weighted by Gasteiger charge is -2.20. The summed E-state index contributed by atoms with van der Waals surface area (Å²) in [6.45, 7) is -2.73. The molecule has 2 amide bonds. The van der Waals surface area contributed by atoms with Crippen LogP contribution in [0, 0.1) is 11.8 Å². The van der Waals surface area contributed by atoms with Crippen LogP contribution in [0.2, 0.25) is 0 Å². The number of hydrogen-bond acceptors (Lipinski definition) is 5. The van der Waals surface area contributed by atoms with Gasteiger partial charge < -0.3 is 20.1 Å². The summed E-state index contributed by atoms with van der Waals surface area (Å²) in [5, 5.41) is 3.89. The van der Waals surface area contributed by atoms with Crippen molar-refractivity contribution in [3.63, 3.8) is 0 Å². The summed E-state index contributed by atoms with van der Waals surface area (Å²) >= 11 is 0. The van der Waals surface area contributed by atoms with E-state index < -0.39 is 62.0 Å². The number of hydrogen-bond donors (Lipinski definition) is 2. The smallest absolute Gasteiger partial charge is 0.338 e. The van der Waals surface area contributed by atoms with Gasteiger partial charge in [-0.3, -0.25) is 9.59 Å². The first-order valence-corrected chi connectivity index (χ1v) is 7.61. The molecule has 1 aliphatic heterocycles. The molecule has 0 aliphatic carbocycles. The van der Waals surface area contributed by atoms with Crippen molar-refractivity contribution >= 4 is 17.8 Å². The van der Waals surface area contributed by atoms with Gasteiger partial charge in [-0.1, -0.05) is 27.6 Å². The van der Waals surface area contributed by atoms with Crippen molar-refractivity contribution in [3.8, 4) is 0 Å². The number of rotatable bonds is 10. The van der Waals surface area contributed by atoms with Gasteiger partial charge in [0, 0.05) is 18.9 Å². The number of carbonyl (C=O) groups is 3. The number of amides is 2. The van der Waals surface area contributed by atoms with E-state index >= 15 is 0 Å². The van der Waals surface area contributed by atoms with Crippen molar-refractivity contribution in [2.75, 3.05) is 13.2 Å². The van der Waals surface area contributed by atoms with Gasteiger partial charge in [0.05, 0.1) is 7.98 Å². The normalized spacial score (nSPS) is 30.2. The zero-order valence-corrected chi connectivity index (χ0v) is 13.9. The molecule has 0 radical (unpaired) electrons. The number of nitrogens with one attached hydrogen (secondary N) is 2. The van der Waals surface area contributed by atoms with Gasteiger partial charge in [0.15, 0.2) is 12.2 Å². The van der Waals surface area contributed by atoms with E-state index in [4.69, 9.17) is 18.4 Å². The summed E-state index contributed by atoms with van der Waals surface area (Å²) < 4.78 is 88.3. The Morgan fingerprint density at radius 1 is 1.33 bits per heavy atom. The molecule has 24 heavy (non-hydrogen) atoms. The van der Waals surface area contributed by atoms with Gasteiger partial charge in [0.25, 0.3) is 5.91 Å². The molecule has 1 saturated heterocycles. The Bertz CT molecular complexity index is 772. The SMILES string of the molecule is [2H]C([2H])([2H])C([2H])(C([2H])([2H])[2H])C([2H])([2H])[C@@]([2H])(NC(=O)[C@H]1O[C@@H]1C(=O)OCC)C(=O)NCCC(C)C. The summed E-state index contributed by atoms with van der Waals surface area (Å²) in [6.07, 6.45) is -6.61. The molecule has 1 aliphatic rings. The Kier molecular flexibility index (Phi) is 3.91. The molecule has 1 fully saturated rings. The highest BCUT2D eigenvalue weighted by Gasteiger charge is 2.52. The standard InChI is InChI=1S/C17H30N2O5/c1-6-23-17(22)14-13(24-14)16(21)19-12(9-11(4)5)15(20)18-8-7-10(2)3/h10-14H,6-9H2,1-5H3,(H,18,20)(H,19,21)/t12-,13+,14+/m1/s1/i4D3,5D3,9D2,11D,12D. The molecule has 0 spiro atoms. The third kappa shape index (κ3) is 6.86. The van der Waals surface area contributed by atoms with E-state index in [1.165, 1.54) is 6.92 Å². The third-order valence-corrected chi connectivity index (χ3v) is 3.00. The largest absolute Gasteiger partial charge is 0.464 e. The second kappa shape index (κ2) is 9.61. The molecule has 0 bridgehead atoms. The average Bonchev–Trinajstić information content (AvgIpc) is 3.46. The third-order valence-electron chi connectivity index (χ3n) is 3.00. The van der Waals surface area contributed by atoms with Crippen molar-refractivity contribution in [2.45, 2.75) is 65.5 Å². The maximum absolute atomic E-state index is 13.0. The molecule has 0 unspecified atom stereocenters. The van der Waals surface area contributed by atoms with E-state index in [1.807, 2.05) is 0 Å². The van der Waals surface area contributed by atoms with Crippen molar-refractivity contribution in [1.29, 1.82) is 0 Å². The molecule has 2 N–H and O–H groups in total. The molecule has 1 heterocycles. The molecule has 0 saturated carbocycles. The zero-order chi connectivity index (χ0) is 26.9. The summed E-state index contributed by atoms with van der Waals surface area (Å²) in [7, 11) is 0. The number of ether oxygens (including phenoxy) is 2. The maximum atomic E-state index is 13.0. The van der Waals surface area contributed by atoms with E-state index in [-0.39, 0.29) is 19.1 Å². The number of epoxide rings is 1. The monoisotopic (exact) mass is 352 g/mol. The topological polar surface area (TPSA) is 97.0 Å². The highest BCUT2D eigenvalue weighted by molar-refractivity contribution is 5.95. The molecule has 1 rings (SSSR count). The molecule has 0 aromatic rings. The molecule has 3 atom stereocenters. The van der Waals surface area contributed by atoms with Crippen LogP contribution in [-0.2, 0) is 23.9 Å². The fraction of sp³-hybridized carbons (Fsp3) is 0.824. The molecular formula is C17H30N2O5. The first-order chi connectivity index (χ1) is 15.2. The number of carbonyl (C=O) groups excluding carboxylic acids is 3. The Morgan fingerprint density at radius 2 is 2.04 bits per heavy atom. The lowest BCUT2D eigenvalue weighted by atomic mass is 10.0. The van der Waals surface area contributed by atoms with Crippen LogP contribution in [0.3, 0.4) is 0 Å². The minimum atomic E-state index is -4.01. The van der Waals surface area contributed by atoms with E-state index in [0.29, 0.717) is 6.42 Å². The predicted molar refractivity (Wildman–Crippen MR) is 89.1 cm³/mol. The molecule has 138 valence electrons. The second-order valence-electron chi connectivity index (χ2n) is 5.53. The van der Waals surface area contributed by atoms with E-state index in [0.717, 1.165) is 0 Å². The molecule has 0 aromatic heterocycles. The van der Waals surface area contributed by atoms with Gasteiger partial charge in [-0.15, -0.1) is 0 Å². The van der Waals surface area contributed by atoms with Gasteiger partial charge in [0.2, 0.25) is 5.91 Å². The highest BCUT2D eigenvalue weighted by atomic mass is 16.6. The van der Waals surface area contributed by atoms with Crippen molar-refractivity contribution in [3.05, 3.63) is 0 Å². The highest BCUT2D eigenvalue weighted by Crippen LogP contribution is 2.24. The van der Waals surface area contributed by atoms with Crippen LogP contribution >= 0.6 is 0 Å². The second-order valence-corrected chi connectivity index (χ2v) is 5.53. The van der Waals surface area contributed by atoms with Crippen molar-refractivity contribution < 1.29 is 37.6 Å². The minimum absolute atomic E-state index is 0.0330. The van der Waals surface area contributed by atoms with E-state index in [2.05, 4.69) is 10.1 Å². The lowest BCUT2D eigenvalue weighted by molar-refractivity contribution is -0.144. The fourth-order valence-corrected chi connectivity index (χ4v) is 1.74. The quantitative estimate of drug-likeness (QED) is 0.452. The van der Waals surface area contributed by atoms with Crippen LogP contribution in [-0.4, -0.2) is 49.2 Å². The van der Waals surface area contributed by atoms with Crippen LogP contribution in [0.25, 0.3) is 0 Å². The summed E-state index contributed by atoms with van der Waals surface area (Å²) in [5.41, 5.74) is 0. The van der Waals surface area contributed by atoms with Gasteiger partial charge in [0.1, 0.15) is 6.02 Å². The zero-order valence-electron chi connectivity index (χ0n) is 23.9. The molecule has 7 nitrogen and oxygen atoms in total. The summed E-state index contributed by atoms with van der Waals surface area (Å²) in [5.74, 6) is -7.79. The van der Waals surface area contributed by atoms with Crippen LogP contribution in [0.5, 0.6) is 0 Å². The Morgan fingerprint density at radius 3 is 2.62 bits per heavy atom. The minimum Gasteiger partial charge on any atom is -0.464 e. The first-order valence-electron chi connectivity index (χ1n) is 12.6. The van der Waals surface area contributed by atoms with Crippen LogP contribution in [0.15, 0.2) is 0 Å². The van der Waals surface area contributed by atoms with E-state index in [1.54, 1.807) is 19.2 Å². The summed E-state index contributed by atoms with van der Waals surface area (Å²) in [6, 6.07) is -3.60.